The van der Waals surface area contributed by atoms with Gasteiger partial charge in [0.1, 0.15) is 5.75 Å². The number of benzene rings is 1. The minimum absolute atomic E-state index is 0.253. The fourth-order valence-electron chi connectivity index (χ4n) is 0.998. The molecule has 88 valence electrons. The fraction of sp³-hybridized carbons (Fsp3) is 0.273. The van der Waals surface area contributed by atoms with Crippen LogP contribution in [0.2, 0.25) is 0 Å². The van der Waals surface area contributed by atoms with E-state index in [0.717, 1.165) is 16.7 Å². The first kappa shape index (κ1) is 13.0. The molecule has 0 aliphatic heterocycles. The molecule has 1 aromatic carbocycles. The molecule has 0 amide bonds. The third kappa shape index (κ3) is 5.11. The highest BCUT2D eigenvalue weighted by Crippen LogP contribution is 2.22. The zero-order valence-corrected chi connectivity index (χ0v) is 9.44. The quantitative estimate of drug-likeness (QED) is 0.590. The summed E-state index contributed by atoms with van der Waals surface area (Å²) in [6.45, 7) is 0. The molecule has 1 aromatic rings. The Kier molecular flexibility index (Phi) is 4.73. The molecule has 5 heteroatoms. The van der Waals surface area contributed by atoms with Crippen LogP contribution in [0, 0.1) is 0 Å². The maximum absolute atomic E-state index is 11.8. The third-order valence-electron chi connectivity index (χ3n) is 1.71. The first-order valence-electron chi connectivity index (χ1n) is 4.52. The Labute approximate surface area is 96.3 Å². The topological polar surface area (TPSA) is 9.23 Å². The van der Waals surface area contributed by atoms with Gasteiger partial charge in [-0.1, -0.05) is 6.08 Å². The molecule has 0 saturated carbocycles. The molecule has 0 heterocycles. The van der Waals surface area contributed by atoms with Gasteiger partial charge in [0.15, 0.2) is 0 Å². The van der Waals surface area contributed by atoms with Gasteiger partial charge in [-0.15, -0.1) is 11.8 Å². The number of hydrogen-bond acceptors (Lipinski definition) is 2. The maximum Gasteiger partial charge on any atom is 0.409 e. The predicted molar refractivity (Wildman–Crippen MR) is 58.9 cm³/mol. The lowest BCUT2D eigenvalue weighted by Gasteiger charge is -2.01. The highest BCUT2D eigenvalue weighted by atomic mass is 32.2. The van der Waals surface area contributed by atoms with E-state index in [9.17, 15) is 13.2 Å². The second-order valence-corrected chi connectivity index (χ2v) is 4.02. The van der Waals surface area contributed by atoms with E-state index in [2.05, 4.69) is 0 Å². The highest BCUT2D eigenvalue weighted by molar-refractivity contribution is 7.99. The molecule has 0 bridgehead atoms. The fourth-order valence-corrected chi connectivity index (χ4v) is 1.71. The summed E-state index contributed by atoms with van der Waals surface area (Å²) >= 11 is 1.34. The average molecular weight is 248 g/mol. The standard InChI is InChI=1S/C11H11F3OS/c1-15-9-3-5-10(6-4-9)16-8-2-7-11(12,13)14/h2-7H,8H2,1H3/b7-2+. The molecule has 16 heavy (non-hydrogen) atoms. The minimum atomic E-state index is -4.22. The Morgan fingerprint density at radius 2 is 1.88 bits per heavy atom. The summed E-state index contributed by atoms with van der Waals surface area (Å²) in [4.78, 5) is 0.910. The summed E-state index contributed by atoms with van der Waals surface area (Å²) in [5.74, 6) is 1.03. The van der Waals surface area contributed by atoms with E-state index in [1.165, 1.54) is 11.8 Å². The molecule has 1 nitrogen and oxygen atoms in total. The number of ether oxygens (including phenoxy) is 1. The van der Waals surface area contributed by atoms with Gasteiger partial charge in [-0.25, -0.2) is 0 Å². The van der Waals surface area contributed by atoms with Gasteiger partial charge in [-0.2, -0.15) is 13.2 Å². The van der Waals surface area contributed by atoms with Crippen LogP contribution in [-0.2, 0) is 0 Å². The van der Waals surface area contributed by atoms with Gasteiger partial charge in [0.05, 0.1) is 7.11 Å². The van der Waals surface area contributed by atoms with Gasteiger partial charge in [-0.05, 0) is 24.3 Å². The van der Waals surface area contributed by atoms with Crippen LogP contribution in [-0.4, -0.2) is 19.0 Å². The van der Waals surface area contributed by atoms with E-state index in [1.807, 2.05) is 12.1 Å². The van der Waals surface area contributed by atoms with E-state index in [1.54, 1.807) is 19.2 Å². The number of alkyl halides is 3. The second kappa shape index (κ2) is 5.84. The number of methoxy groups -OCH3 is 1. The van der Waals surface area contributed by atoms with E-state index in [0.29, 0.717) is 5.75 Å². The van der Waals surface area contributed by atoms with Crippen LogP contribution in [0.5, 0.6) is 5.75 Å². The summed E-state index contributed by atoms with van der Waals surface area (Å²) < 4.78 is 40.3. The van der Waals surface area contributed by atoms with Gasteiger partial charge < -0.3 is 4.74 Å². The van der Waals surface area contributed by atoms with Crippen LogP contribution in [0.3, 0.4) is 0 Å². The molecule has 0 unspecified atom stereocenters. The molecule has 0 N–H and O–H groups in total. The van der Waals surface area contributed by atoms with Crippen LogP contribution >= 0.6 is 11.8 Å². The van der Waals surface area contributed by atoms with Crippen LogP contribution in [0.15, 0.2) is 41.3 Å². The molecule has 0 aliphatic rings. The lowest BCUT2D eigenvalue weighted by atomic mass is 10.3. The van der Waals surface area contributed by atoms with Crippen molar-refractivity contribution in [3.63, 3.8) is 0 Å². The molecule has 1 rings (SSSR count). The van der Waals surface area contributed by atoms with Gasteiger partial charge in [0, 0.05) is 16.7 Å². The minimum Gasteiger partial charge on any atom is -0.497 e. The predicted octanol–water partition coefficient (Wildman–Crippen LogP) is 3.91. The summed E-state index contributed by atoms with van der Waals surface area (Å²) in [5.41, 5.74) is 0. The largest absolute Gasteiger partial charge is 0.497 e. The first-order valence-corrected chi connectivity index (χ1v) is 5.51. The number of halogens is 3. The lowest BCUT2D eigenvalue weighted by Crippen LogP contribution is -2.00. The van der Waals surface area contributed by atoms with Crippen LogP contribution in [0.1, 0.15) is 0 Å². The van der Waals surface area contributed by atoms with Gasteiger partial charge in [-0.3, -0.25) is 0 Å². The monoisotopic (exact) mass is 248 g/mol. The zero-order valence-electron chi connectivity index (χ0n) is 8.62. The molecule has 0 fully saturated rings. The van der Waals surface area contributed by atoms with Crippen LogP contribution < -0.4 is 4.74 Å². The van der Waals surface area contributed by atoms with Crippen molar-refractivity contribution in [2.24, 2.45) is 0 Å². The second-order valence-electron chi connectivity index (χ2n) is 2.93. The summed E-state index contributed by atoms with van der Waals surface area (Å²) in [6.07, 6.45) is -2.86. The van der Waals surface area contributed by atoms with Gasteiger partial charge >= 0.3 is 6.18 Å². The van der Waals surface area contributed by atoms with Crippen molar-refractivity contribution in [1.82, 2.24) is 0 Å². The van der Waals surface area contributed by atoms with E-state index < -0.39 is 6.18 Å². The lowest BCUT2D eigenvalue weighted by molar-refractivity contribution is -0.0799. The highest BCUT2D eigenvalue weighted by Gasteiger charge is 2.21. The molecular weight excluding hydrogens is 237 g/mol. The van der Waals surface area contributed by atoms with Crippen molar-refractivity contribution in [1.29, 1.82) is 0 Å². The van der Waals surface area contributed by atoms with E-state index >= 15 is 0 Å². The Bertz CT molecular complexity index is 343. The van der Waals surface area contributed by atoms with Gasteiger partial charge in [0.25, 0.3) is 0 Å². The number of hydrogen-bond donors (Lipinski definition) is 0. The SMILES string of the molecule is COc1ccc(SC/C=C/C(F)(F)F)cc1. The summed E-state index contributed by atoms with van der Waals surface area (Å²) in [7, 11) is 1.56. The van der Waals surface area contributed by atoms with E-state index in [-0.39, 0.29) is 6.08 Å². The Morgan fingerprint density at radius 1 is 1.25 bits per heavy atom. The maximum atomic E-state index is 11.8. The summed E-state index contributed by atoms with van der Waals surface area (Å²) in [6, 6.07) is 7.17. The van der Waals surface area contributed by atoms with Crippen molar-refractivity contribution in [3.05, 3.63) is 36.4 Å². The summed E-state index contributed by atoms with van der Waals surface area (Å²) in [5, 5.41) is 0. The molecular formula is C11H11F3OS. The van der Waals surface area contributed by atoms with Gasteiger partial charge in [0.2, 0.25) is 0 Å². The zero-order chi connectivity index (χ0) is 12.0. The number of allylic oxidation sites excluding steroid dienone is 1. The van der Waals surface area contributed by atoms with Crippen molar-refractivity contribution < 1.29 is 17.9 Å². The third-order valence-corrected chi connectivity index (χ3v) is 2.68. The van der Waals surface area contributed by atoms with Crippen molar-refractivity contribution in [2.45, 2.75) is 11.1 Å². The molecule has 0 aliphatic carbocycles. The molecule has 0 atom stereocenters. The van der Waals surface area contributed by atoms with Crippen LogP contribution in [0.25, 0.3) is 0 Å². The average Bonchev–Trinajstić information content (AvgIpc) is 2.24. The number of thioether (sulfide) groups is 1. The first-order chi connectivity index (χ1) is 7.51. The van der Waals surface area contributed by atoms with Crippen LogP contribution in [0.4, 0.5) is 13.2 Å². The van der Waals surface area contributed by atoms with E-state index in [4.69, 9.17) is 4.74 Å². The Balaban J connectivity index is 2.40. The number of rotatable bonds is 4. The molecule has 0 aromatic heterocycles. The Morgan fingerprint density at radius 3 is 2.38 bits per heavy atom. The normalized spacial score (nSPS) is 12.0. The molecule has 0 spiro atoms. The smallest absolute Gasteiger partial charge is 0.409 e. The molecule has 0 radical (unpaired) electrons. The molecule has 0 saturated heterocycles. The Hall–Kier alpha value is -1.10. The van der Waals surface area contributed by atoms with Crippen molar-refractivity contribution in [3.8, 4) is 5.75 Å². The van der Waals surface area contributed by atoms with Crippen molar-refractivity contribution >= 4 is 11.8 Å². The van der Waals surface area contributed by atoms with Crippen molar-refractivity contribution in [2.75, 3.05) is 12.9 Å².